The average molecular weight is 392 g/mol. The van der Waals surface area contributed by atoms with Crippen LogP contribution in [0.15, 0.2) is 55.1 Å². The monoisotopic (exact) mass is 391 g/mol. The summed E-state index contributed by atoms with van der Waals surface area (Å²) in [5.41, 5.74) is 4.89. The van der Waals surface area contributed by atoms with Crippen LogP contribution in [0.4, 0.5) is 11.4 Å². The number of hydrogen-bond donors (Lipinski definition) is 1. The molecule has 0 unspecified atom stereocenters. The van der Waals surface area contributed by atoms with Crippen molar-refractivity contribution in [3.05, 3.63) is 66.2 Å². The van der Waals surface area contributed by atoms with Gasteiger partial charge in [0.2, 0.25) is 5.91 Å². The highest BCUT2D eigenvalue weighted by Gasteiger charge is 2.41. The third kappa shape index (κ3) is 3.82. The van der Waals surface area contributed by atoms with E-state index in [9.17, 15) is 4.79 Å². The maximum absolute atomic E-state index is 13.0. The highest BCUT2D eigenvalue weighted by atomic mass is 16.5. The summed E-state index contributed by atoms with van der Waals surface area (Å²) in [7, 11) is 1.70. The summed E-state index contributed by atoms with van der Waals surface area (Å²) in [5, 5.41) is 3.02. The van der Waals surface area contributed by atoms with Gasteiger partial charge < -0.3 is 19.9 Å². The Morgan fingerprint density at radius 1 is 1.24 bits per heavy atom. The van der Waals surface area contributed by atoms with Gasteiger partial charge in [0.15, 0.2) is 0 Å². The van der Waals surface area contributed by atoms with Crippen LogP contribution in [-0.2, 0) is 11.2 Å². The second-order valence-electron chi connectivity index (χ2n) is 7.88. The minimum atomic E-state index is -0.0934. The zero-order valence-corrected chi connectivity index (χ0v) is 17.2. The molecule has 1 saturated heterocycles. The van der Waals surface area contributed by atoms with Crippen LogP contribution in [0.25, 0.3) is 0 Å². The zero-order chi connectivity index (χ0) is 20.4. The van der Waals surface area contributed by atoms with Crippen LogP contribution in [0, 0.1) is 12.8 Å². The number of amides is 1. The molecule has 152 valence electrons. The van der Waals surface area contributed by atoms with Crippen molar-refractivity contribution in [2.75, 3.05) is 43.1 Å². The molecule has 0 radical (unpaired) electrons. The van der Waals surface area contributed by atoms with E-state index in [1.54, 1.807) is 13.2 Å². The Morgan fingerprint density at radius 3 is 2.76 bits per heavy atom. The minimum Gasteiger partial charge on any atom is -0.497 e. The highest BCUT2D eigenvalue weighted by Crippen LogP contribution is 2.38. The summed E-state index contributed by atoms with van der Waals surface area (Å²) in [5.74, 6) is 0.870. The molecule has 1 amide bonds. The number of nitrogens with zero attached hydrogens (tertiary/aromatic N) is 2. The Hall–Kier alpha value is -2.95. The van der Waals surface area contributed by atoms with E-state index in [0.717, 1.165) is 31.8 Å². The summed E-state index contributed by atoms with van der Waals surface area (Å²) in [6, 6.07) is 15.0. The first kappa shape index (κ1) is 19.4. The van der Waals surface area contributed by atoms with Gasteiger partial charge in [-0.3, -0.25) is 4.79 Å². The summed E-state index contributed by atoms with van der Waals surface area (Å²) in [6.07, 6.45) is 2.47. The largest absolute Gasteiger partial charge is 0.497 e. The first-order valence-corrected chi connectivity index (χ1v) is 10.2. The summed E-state index contributed by atoms with van der Waals surface area (Å²) < 4.78 is 5.46. The van der Waals surface area contributed by atoms with E-state index >= 15 is 0 Å². The van der Waals surface area contributed by atoms with Gasteiger partial charge >= 0.3 is 0 Å². The van der Waals surface area contributed by atoms with Crippen molar-refractivity contribution in [1.82, 2.24) is 5.32 Å². The molecule has 0 aromatic heterocycles. The molecular weight excluding hydrogens is 362 g/mol. The van der Waals surface area contributed by atoms with Crippen LogP contribution >= 0.6 is 0 Å². The van der Waals surface area contributed by atoms with Gasteiger partial charge in [0.1, 0.15) is 5.75 Å². The van der Waals surface area contributed by atoms with E-state index in [-0.39, 0.29) is 17.9 Å². The fourth-order valence-corrected chi connectivity index (χ4v) is 4.50. The quantitative estimate of drug-likeness (QED) is 0.796. The number of carbonyl (C=O) groups is 1. The number of methoxy groups -OCH3 is 1. The van der Waals surface area contributed by atoms with Crippen molar-refractivity contribution < 1.29 is 9.53 Å². The third-order valence-corrected chi connectivity index (χ3v) is 6.08. The van der Waals surface area contributed by atoms with E-state index in [2.05, 4.69) is 65.0 Å². The second kappa shape index (κ2) is 8.19. The predicted molar refractivity (Wildman–Crippen MR) is 118 cm³/mol. The lowest BCUT2D eigenvalue weighted by molar-refractivity contribution is -0.125. The molecule has 2 heterocycles. The Morgan fingerprint density at radius 2 is 2.03 bits per heavy atom. The van der Waals surface area contributed by atoms with Gasteiger partial charge in [-0.15, -0.1) is 6.58 Å². The third-order valence-electron chi connectivity index (χ3n) is 6.08. The van der Waals surface area contributed by atoms with E-state index in [0.29, 0.717) is 6.54 Å². The fraction of sp³-hybridized carbons (Fsp3) is 0.375. The van der Waals surface area contributed by atoms with Gasteiger partial charge in [0.05, 0.1) is 19.1 Å². The molecule has 0 bridgehead atoms. The molecule has 1 N–H and O–H groups in total. The van der Waals surface area contributed by atoms with Gasteiger partial charge in [0.25, 0.3) is 0 Å². The Labute approximate surface area is 173 Å². The van der Waals surface area contributed by atoms with Gasteiger partial charge in [-0.2, -0.15) is 0 Å². The van der Waals surface area contributed by atoms with Gasteiger partial charge in [-0.25, -0.2) is 0 Å². The zero-order valence-electron chi connectivity index (χ0n) is 17.2. The van der Waals surface area contributed by atoms with Gasteiger partial charge in [-0.05, 0) is 37.1 Å². The highest BCUT2D eigenvalue weighted by molar-refractivity contribution is 5.82. The summed E-state index contributed by atoms with van der Waals surface area (Å²) in [6.45, 7) is 8.96. The van der Waals surface area contributed by atoms with E-state index in [1.165, 1.54) is 22.5 Å². The molecule has 2 atom stereocenters. The molecule has 5 nitrogen and oxygen atoms in total. The van der Waals surface area contributed by atoms with Crippen molar-refractivity contribution >= 4 is 17.3 Å². The molecule has 2 aliphatic rings. The van der Waals surface area contributed by atoms with E-state index < -0.39 is 0 Å². The Bertz CT molecular complexity index is 893. The summed E-state index contributed by atoms with van der Waals surface area (Å²) in [4.78, 5) is 17.8. The standard InChI is InChI=1S/C24H29N3O2/c1-4-11-25-24(28)21-14-18-7-10-20(29-3)15-22(18)27-13-12-26(16-23(21)27)19-8-5-17(2)6-9-19/h4-10,15,21,23H,1,11-14,16H2,2-3H3,(H,25,28)/t21-,23+/m0/s1. The SMILES string of the molecule is C=CCNC(=O)[C@H]1Cc2ccc(OC)cc2N2CCN(c3ccc(C)cc3)C[C@H]12. The number of ether oxygens (including phenoxy) is 1. The van der Waals surface area contributed by atoms with Crippen LogP contribution in [0.5, 0.6) is 5.75 Å². The first-order chi connectivity index (χ1) is 14.1. The maximum atomic E-state index is 13.0. The summed E-state index contributed by atoms with van der Waals surface area (Å²) >= 11 is 0. The molecule has 0 spiro atoms. The van der Waals surface area contributed by atoms with Crippen molar-refractivity contribution in [3.8, 4) is 5.75 Å². The van der Waals surface area contributed by atoms with Crippen LogP contribution in [0.1, 0.15) is 11.1 Å². The Kier molecular flexibility index (Phi) is 5.47. The number of nitrogens with one attached hydrogen (secondary N) is 1. The number of rotatable bonds is 5. The second-order valence-corrected chi connectivity index (χ2v) is 7.88. The topological polar surface area (TPSA) is 44.8 Å². The number of benzene rings is 2. The van der Waals surface area contributed by atoms with Crippen LogP contribution in [0.3, 0.4) is 0 Å². The Balaban J connectivity index is 1.65. The normalized spacial score (nSPS) is 20.5. The molecule has 4 rings (SSSR count). The molecule has 1 fully saturated rings. The van der Waals surface area contributed by atoms with E-state index in [1.807, 2.05) is 6.07 Å². The molecule has 0 saturated carbocycles. The molecular formula is C24H29N3O2. The average Bonchev–Trinajstić information content (AvgIpc) is 2.76. The lowest BCUT2D eigenvalue weighted by atomic mass is 9.83. The van der Waals surface area contributed by atoms with Crippen molar-refractivity contribution in [2.45, 2.75) is 19.4 Å². The maximum Gasteiger partial charge on any atom is 0.225 e. The lowest BCUT2D eigenvalue weighted by Crippen LogP contribution is -2.61. The fourth-order valence-electron chi connectivity index (χ4n) is 4.50. The number of carbonyl (C=O) groups excluding carboxylic acids is 1. The number of aryl methyl sites for hydroxylation is 1. The van der Waals surface area contributed by atoms with Crippen molar-refractivity contribution in [2.24, 2.45) is 5.92 Å². The molecule has 2 aromatic carbocycles. The van der Waals surface area contributed by atoms with Crippen molar-refractivity contribution in [3.63, 3.8) is 0 Å². The number of hydrogen-bond acceptors (Lipinski definition) is 4. The number of anilines is 2. The molecule has 2 aromatic rings. The van der Waals surface area contributed by atoms with Crippen LogP contribution in [0.2, 0.25) is 0 Å². The number of piperazine rings is 1. The van der Waals surface area contributed by atoms with Gasteiger partial charge in [0, 0.05) is 43.6 Å². The molecule has 5 heteroatoms. The molecule has 2 aliphatic heterocycles. The minimum absolute atomic E-state index is 0.0934. The van der Waals surface area contributed by atoms with Crippen LogP contribution < -0.4 is 19.9 Å². The smallest absolute Gasteiger partial charge is 0.225 e. The molecule has 29 heavy (non-hydrogen) atoms. The van der Waals surface area contributed by atoms with Gasteiger partial charge in [-0.1, -0.05) is 29.8 Å². The van der Waals surface area contributed by atoms with E-state index in [4.69, 9.17) is 4.74 Å². The van der Waals surface area contributed by atoms with Crippen molar-refractivity contribution in [1.29, 1.82) is 0 Å². The number of fused-ring (bicyclic) bond motifs is 3. The predicted octanol–water partition coefficient (Wildman–Crippen LogP) is 3.17. The molecule has 0 aliphatic carbocycles. The lowest BCUT2D eigenvalue weighted by Gasteiger charge is -2.49. The van der Waals surface area contributed by atoms with Crippen LogP contribution in [-0.4, -0.2) is 45.2 Å². The first-order valence-electron chi connectivity index (χ1n) is 10.2.